The van der Waals surface area contributed by atoms with Crippen LogP contribution in [0.4, 0.5) is 0 Å². The van der Waals surface area contributed by atoms with Crippen molar-refractivity contribution in [2.45, 2.75) is 25.6 Å². The fourth-order valence-electron chi connectivity index (χ4n) is 1.28. The van der Waals surface area contributed by atoms with Crippen LogP contribution < -0.4 is 0 Å². The Morgan fingerprint density at radius 2 is 1.87 bits per heavy atom. The molecule has 0 saturated heterocycles. The fourth-order valence-corrected chi connectivity index (χ4v) is 1.28. The Morgan fingerprint density at radius 3 is 2.53 bits per heavy atom. The van der Waals surface area contributed by atoms with Gasteiger partial charge >= 0.3 is 0 Å². The molecule has 1 rings (SSSR count). The molecule has 0 amide bonds. The highest BCUT2D eigenvalue weighted by Crippen LogP contribution is 2.02. The van der Waals surface area contributed by atoms with Gasteiger partial charge in [0.15, 0.2) is 0 Å². The van der Waals surface area contributed by atoms with Crippen LogP contribution in [0.2, 0.25) is 0 Å². The van der Waals surface area contributed by atoms with E-state index >= 15 is 0 Å². The lowest BCUT2D eigenvalue weighted by molar-refractivity contribution is 0.0618. The van der Waals surface area contributed by atoms with Gasteiger partial charge < -0.3 is 14.9 Å². The highest BCUT2D eigenvalue weighted by Gasteiger charge is 2.02. The molecule has 0 radical (unpaired) electrons. The maximum absolute atomic E-state index is 9.31. The van der Waals surface area contributed by atoms with Crippen molar-refractivity contribution in [1.82, 2.24) is 0 Å². The first-order valence-electron chi connectivity index (χ1n) is 5.23. The van der Waals surface area contributed by atoms with Crippen LogP contribution in [-0.2, 0) is 11.3 Å². The molecule has 0 aliphatic carbocycles. The van der Waals surface area contributed by atoms with Gasteiger partial charge in [-0.05, 0) is 18.4 Å². The summed E-state index contributed by atoms with van der Waals surface area (Å²) >= 11 is 0. The van der Waals surface area contributed by atoms with Crippen LogP contribution >= 0.6 is 0 Å². The van der Waals surface area contributed by atoms with Crippen LogP contribution in [0.25, 0.3) is 0 Å². The van der Waals surface area contributed by atoms with E-state index in [1.54, 1.807) is 0 Å². The second-order valence-electron chi connectivity index (χ2n) is 3.49. The molecule has 0 aliphatic rings. The number of hydrogen-bond acceptors (Lipinski definition) is 3. The van der Waals surface area contributed by atoms with Gasteiger partial charge in [0.1, 0.15) is 0 Å². The third-order valence-corrected chi connectivity index (χ3v) is 2.17. The molecule has 1 atom stereocenters. The van der Waals surface area contributed by atoms with E-state index in [-0.39, 0.29) is 6.61 Å². The number of aliphatic hydroxyl groups is 2. The molecule has 3 heteroatoms. The second kappa shape index (κ2) is 7.40. The second-order valence-corrected chi connectivity index (χ2v) is 3.49. The Morgan fingerprint density at radius 1 is 1.13 bits per heavy atom. The molecule has 0 saturated carbocycles. The smallest absolute Gasteiger partial charge is 0.0716 e. The van der Waals surface area contributed by atoms with Crippen molar-refractivity contribution in [1.29, 1.82) is 0 Å². The van der Waals surface area contributed by atoms with Crippen molar-refractivity contribution in [3.63, 3.8) is 0 Å². The Labute approximate surface area is 90.3 Å². The molecule has 0 bridgehead atoms. The number of benzene rings is 1. The molecule has 3 nitrogen and oxygen atoms in total. The van der Waals surface area contributed by atoms with E-state index in [1.807, 2.05) is 30.3 Å². The summed E-state index contributed by atoms with van der Waals surface area (Å²) in [6, 6.07) is 9.92. The normalized spacial score (nSPS) is 12.7. The van der Waals surface area contributed by atoms with Gasteiger partial charge in [-0.3, -0.25) is 0 Å². The highest BCUT2D eigenvalue weighted by molar-refractivity contribution is 5.13. The van der Waals surface area contributed by atoms with Gasteiger partial charge in [-0.15, -0.1) is 0 Å². The van der Waals surface area contributed by atoms with Crippen LogP contribution in [0.1, 0.15) is 18.4 Å². The lowest BCUT2D eigenvalue weighted by atomic mass is 10.2. The van der Waals surface area contributed by atoms with Gasteiger partial charge in [-0.2, -0.15) is 0 Å². The van der Waals surface area contributed by atoms with Crippen molar-refractivity contribution >= 4 is 0 Å². The fraction of sp³-hybridized carbons (Fsp3) is 0.500. The molecule has 0 heterocycles. The van der Waals surface area contributed by atoms with Gasteiger partial charge in [0, 0.05) is 13.2 Å². The quantitative estimate of drug-likeness (QED) is 0.668. The predicted octanol–water partition coefficient (Wildman–Crippen LogP) is 1.34. The molecule has 15 heavy (non-hydrogen) atoms. The summed E-state index contributed by atoms with van der Waals surface area (Å²) < 4.78 is 5.40. The minimum absolute atomic E-state index is 0.0276. The molecule has 0 fully saturated rings. The third kappa shape index (κ3) is 5.52. The first kappa shape index (κ1) is 12.2. The average Bonchev–Trinajstić information content (AvgIpc) is 2.26. The summed E-state index contributed by atoms with van der Waals surface area (Å²) in [5.41, 5.74) is 1.13. The van der Waals surface area contributed by atoms with Gasteiger partial charge in [-0.25, -0.2) is 0 Å². The largest absolute Gasteiger partial charge is 0.396 e. The zero-order chi connectivity index (χ0) is 10.9. The maximum atomic E-state index is 9.31. The van der Waals surface area contributed by atoms with Crippen molar-refractivity contribution in [3.8, 4) is 0 Å². The minimum Gasteiger partial charge on any atom is -0.396 e. The van der Waals surface area contributed by atoms with Gasteiger partial charge in [-0.1, -0.05) is 30.3 Å². The van der Waals surface area contributed by atoms with Crippen LogP contribution in [0.3, 0.4) is 0 Å². The van der Waals surface area contributed by atoms with Crippen molar-refractivity contribution in [2.75, 3.05) is 13.2 Å². The first-order valence-corrected chi connectivity index (χ1v) is 5.23. The molecule has 0 spiro atoms. The van der Waals surface area contributed by atoms with E-state index in [0.29, 0.717) is 26.1 Å². The van der Waals surface area contributed by atoms with E-state index < -0.39 is 6.10 Å². The van der Waals surface area contributed by atoms with E-state index in [2.05, 4.69) is 0 Å². The maximum Gasteiger partial charge on any atom is 0.0716 e. The number of aliphatic hydroxyl groups excluding tert-OH is 2. The highest BCUT2D eigenvalue weighted by atomic mass is 16.5. The monoisotopic (exact) mass is 210 g/mol. The summed E-state index contributed by atoms with van der Waals surface area (Å²) in [6.45, 7) is 1.13. The van der Waals surface area contributed by atoms with Gasteiger partial charge in [0.25, 0.3) is 0 Å². The Bertz CT molecular complexity index is 248. The third-order valence-electron chi connectivity index (χ3n) is 2.17. The summed E-state index contributed by atoms with van der Waals surface area (Å²) in [4.78, 5) is 0. The predicted molar refractivity (Wildman–Crippen MR) is 58.4 cm³/mol. The lowest BCUT2D eigenvalue weighted by Crippen LogP contribution is -2.12. The molecule has 2 N–H and O–H groups in total. The average molecular weight is 210 g/mol. The zero-order valence-electron chi connectivity index (χ0n) is 8.80. The Hall–Kier alpha value is -0.900. The molecule has 0 aliphatic heterocycles. The summed E-state index contributed by atoms with van der Waals surface area (Å²) in [5, 5.41) is 17.9. The molecule has 1 aromatic rings. The van der Waals surface area contributed by atoms with Gasteiger partial charge in [0.05, 0.1) is 12.7 Å². The molecule has 0 unspecified atom stereocenters. The SMILES string of the molecule is OCC[C@H](O)CCOCc1ccccc1. The molecule has 0 aromatic heterocycles. The molecule has 84 valence electrons. The van der Waals surface area contributed by atoms with Crippen LogP contribution in [0.5, 0.6) is 0 Å². The summed E-state index contributed by atoms with van der Waals surface area (Å²) in [7, 11) is 0. The van der Waals surface area contributed by atoms with E-state index in [1.165, 1.54) is 0 Å². The number of rotatable bonds is 7. The molecular formula is C12H18O3. The molecule has 1 aromatic carbocycles. The number of ether oxygens (including phenoxy) is 1. The minimum atomic E-state index is -0.453. The standard InChI is InChI=1S/C12H18O3/c13-8-6-12(14)7-9-15-10-11-4-2-1-3-5-11/h1-5,12-14H,6-10H2/t12-/m0/s1. The molecular weight excluding hydrogens is 192 g/mol. The Kier molecular flexibility index (Phi) is 6.00. The number of hydrogen-bond donors (Lipinski definition) is 2. The van der Waals surface area contributed by atoms with Crippen LogP contribution in [0, 0.1) is 0 Å². The van der Waals surface area contributed by atoms with Crippen molar-refractivity contribution in [2.24, 2.45) is 0 Å². The zero-order valence-corrected chi connectivity index (χ0v) is 8.80. The topological polar surface area (TPSA) is 49.7 Å². The Balaban J connectivity index is 2.07. The van der Waals surface area contributed by atoms with E-state index in [9.17, 15) is 5.11 Å². The first-order chi connectivity index (χ1) is 7.33. The lowest BCUT2D eigenvalue weighted by Gasteiger charge is -2.09. The van der Waals surface area contributed by atoms with E-state index in [0.717, 1.165) is 5.56 Å². The van der Waals surface area contributed by atoms with E-state index in [4.69, 9.17) is 9.84 Å². The van der Waals surface area contributed by atoms with Crippen molar-refractivity contribution < 1.29 is 14.9 Å². The van der Waals surface area contributed by atoms with Gasteiger partial charge in [0.2, 0.25) is 0 Å². The van der Waals surface area contributed by atoms with Crippen LogP contribution in [0.15, 0.2) is 30.3 Å². The summed E-state index contributed by atoms with van der Waals surface area (Å²) in [5.74, 6) is 0. The van der Waals surface area contributed by atoms with Crippen molar-refractivity contribution in [3.05, 3.63) is 35.9 Å². The summed E-state index contributed by atoms with van der Waals surface area (Å²) in [6.07, 6.45) is 0.549. The van der Waals surface area contributed by atoms with Crippen LogP contribution in [-0.4, -0.2) is 29.5 Å².